The average molecular weight is 263 g/mol. The second-order valence-corrected chi connectivity index (χ2v) is 4.11. The molecule has 0 unspecified atom stereocenters. The molecule has 72 valence electrons. The minimum atomic E-state index is 0.751. The van der Waals surface area contributed by atoms with E-state index >= 15 is 0 Å². The van der Waals surface area contributed by atoms with Crippen LogP contribution in [0, 0.1) is 0 Å². The highest BCUT2D eigenvalue weighted by Gasteiger charge is 2.10. The van der Waals surface area contributed by atoms with Crippen molar-refractivity contribution in [3.05, 3.63) is 16.6 Å². The summed E-state index contributed by atoms with van der Waals surface area (Å²) < 4.78 is 11.4. The third-order valence-corrected chi connectivity index (χ3v) is 2.83. The van der Waals surface area contributed by atoms with Gasteiger partial charge in [-0.15, -0.1) is 11.8 Å². The minimum absolute atomic E-state index is 0.751. The number of hydrogen-bond acceptors (Lipinski definition) is 3. The van der Waals surface area contributed by atoms with E-state index in [4.69, 9.17) is 9.47 Å². The molecule has 0 radical (unpaired) electrons. The summed E-state index contributed by atoms with van der Waals surface area (Å²) in [5.74, 6) is 1.54. The van der Waals surface area contributed by atoms with Crippen molar-refractivity contribution in [3.8, 4) is 11.5 Å². The Kier molecular flexibility index (Phi) is 3.93. The molecule has 4 heteroatoms. The van der Waals surface area contributed by atoms with Crippen molar-refractivity contribution in [2.45, 2.75) is 4.90 Å². The summed E-state index contributed by atoms with van der Waals surface area (Å²) in [7, 11) is 3.28. The Hall–Kier alpha value is -0.350. The molecule has 0 N–H and O–H groups in total. The molecule has 0 atom stereocenters. The van der Waals surface area contributed by atoms with Gasteiger partial charge in [0.25, 0.3) is 0 Å². The van der Waals surface area contributed by atoms with Gasteiger partial charge in [-0.05, 0) is 18.4 Å². The van der Waals surface area contributed by atoms with E-state index < -0.39 is 0 Å². The van der Waals surface area contributed by atoms with E-state index in [1.165, 1.54) is 0 Å². The first-order valence-corrected chi connectivity index (χ1v) is 5.70. The van der Waals surface area contributed by atoms with Gasteiger partial charge in [0, 0.05) is 4.47 Å². The maximum atomic E-state index is 5.25. The fourth-order valence-electron chi connectivity index (χ4n) is 1.05. The lowest BCUT2D eigenvalue weighted by Crippen LogP contribution is -1.92. The van der Waals surface area contributed by atoms with Crippen LogP contribution in [-0.4, -0.2) is 20.5 Å². The summed E-state index contributed by atoms with van der Waals surface area (Å²) in [6.45, 7) is 0. The van der Waals surface area contributed by atoms with Crippen molar-refractivity contribution in [2.75, 3.05) is 20.5 Å². The highest BCUT2D eigenvalue weighted by atomic mass is 79.9. The molecule has 0 saturated carbocycles. The number of rotatable bonds is 3. The molecule has 0 spiro atoms. The predicted octanol–water partition coefficient (Wildman–Crippen LogP) is 3.19. The minimum Gasteiger partial charge on any atom is -0.493 e. The van der Waals surface area contributed by atoms with Gasteiger partial charge < -0.3 is 9.47 Å². The van der Waals surface area contributed by atoms with Crippen LogP contribution in [0.15, 0.2) is 21.5 Å². The van der Waals surface area contributed by atoms with Crippen LogP contribution in [0.3, 0.4) is 0 Å². The van der Waals surface area contributed by atoms with Gasteiger partial charge in [-0.1, -0.05) is 15.9 Å². The number of methoxy groups -OCH3 is 2. The lowest BCUT2D eigenvalue weighted by atomic mass is 10.3. The fraction of sp³-hybridized carbons (Fsp3) is 0.333. The largest absolute Gasteiger partial charge is 0.493 e. The lowest BCUT2D eigenvalue weighted by molar-refractivity contribution is 0.347. The zero-order chi connectivity index (χ0) is 9.84. The van der Waals surface area contributed by atoms with Crippen molar-refractivity contribution in [2.24, 2.45) is 0 Å². The SMILES string of the molecule is COc1cc(Br)cc(SC)c1OC. The molecule has 0 heterocycles. The highest BCUT2D eigenvalue weighted by Crippen LogP contribution is 2.39. The molecule has 2 nitrogen and oxygen atoms in total. The molecule has 0 fully saturated rings. The van der Waals surface area contributed by atoms with Gasteiger partial charge in [0.2, 0.25) is 0 Å². The average Bonchev–Trinajstić information content (AvgIpc) is 2.16. The molecule has 0 aliphatic rings. The molecule has 0 saturated heterocycles. The Bertz CT molecular complexity index is 277. The molecule has 1 rings (SSSR count). The van der Waals surface area contributed by atoms with Gasteiger partial charge in [-0.2, -0.15) is 0 Å². The van der Waals surface area contributed by atoms with Gasteiger partial charge >= 0.3 is 0 Å². The van der Waals surface area contributed by atoms with E-state index in [2.05, 4.69) is 15.9 Å². The van der Waals surface area contributed by atoms with Crippen LogP contribution in [0.5, 0.6) is 11.5 Å². The molecule has 1 aromatic carbocycles. The molecular weight excluding hydrogens is 252 g/mol. The lowest BCUT2D eigenvalue weighted by Gasteiger charge is -2.11. The molecular formula is C9H11BrO2S. The third kappa shape index (κ3) is 2.31. The summed E-state index contributed by atoms with van der Waals surface area (Å²) in [4.78, 5) is 1.06. The number of halogens is 1. The zero-order valence-corrected chi connectivity index (χ0v) is 10.2. The van der Waals surface area contributed by atoms with E-state index in [-0.39, 0.29) is 0 Å². The maximum Gasteiger partial charge on any atom is 0.174 e. The summed E-state index contributed by atoms with van der Waals surface area (Å²) in [6, 6.07) is 3.89. The van der Waals surface area contributed by atoms with E-state index in [1.807, 2.05) is 18.4 Å². The Labute approximate surface area is 90.7 Å². The first-order valence-electron chi connectivity index (χ1n) is 3.68. The Morgan fingerprint density at radius 1 is 1.23 bits per heavy atom. The van der Waals surface area contributed by atoms with Crippen molar-refractivity contribution < 1.29 is 9.47 Å². The summed E-state index contributed by atoms with van der Waals surface area (Å²) >= 11 is 5.04. The second kappa shape index (κ2) is 4.77. The zero-order valence-electron chi connectivity index (χ0n) is 7.76. The van der Waals surface area contributed by atoms with Crippen LogP contribution >= 0.6 is 27.7 Å². The van der Waals surface area contributed by atoms with Gasteiger partial charge in [-0.3, -0.25) is 0 Å². The number of ether oxygens (including phenoxy) is 2. The standard InChI is InChI=1S/C9H11BrO2S/c1-11-7-4-6(10)5-8(13-3)9(7)12-2/h4-5H,1-3H3. The van der Waals surface area contributed by atoms with Crippen molar-refractivity contribution in [3.63, 3.8) is 0 Å². The fourth-order valence-corrected chi connectivity index (χ4v) is 2.25. The second-order valence-electron chi connectivity index (χ2n) is 2.34. The number of benzene rings is 1. The number of hydrogen-bond donors (Lipinski definition) is 0. The van der Waals surface area contributed by atoms with Crippen molar-refractivity contribution >= 4 is 27.7 Å². The van der Waals surface area contributed by atoms with Crippen LogP contribution in [0.1, 0.15) is 0 Å². The van der Waals surface area contributed by atoms with Crippen LogP contribution < -0.4 is 9.47 Å². The summed E-state index contributed by atoms with van der Waals surface area (Å²) in [6.07, 6.45) is 2.00. The Balaban J connectivity index is 3.25. The van der Waals surface area contributed by atoms with Gasteiger partial charge in [-0.25, -0.2) is 0 Å². The van der Waals surface area contributed by atoms with Crippen LogP contribution in [0.2, 0.25) is 0 Å². The van der Waals surface area contributed by atoms with Crippen molar-refractivity contribution in [1.29, 1.82) is 0 Å². The van der Waals surface area contributed by atoms with Crippen LogP contribution in [0.4, 0.5) is 0 Å². The van der Waals surface area contributed by atoms with Crippen molar-refractivity contribution in [1.82, 2.24) is 0 Å². The molecule has 0 bridgehead atoms. The molecule has 0 aliphatic heterocycles. The third-order valence-electron chi connectivity index (χ3n) is 1.63. The highest BCUT2D eigenvalue weighted by molar-refractivity contribution is 9.10. The van der Waals surface area contributed by atoms with Crippen LogP contribution in [-0.2, 0) is 0 Å². The topological polar surface area (TPSA) is 18.5 Å². The van der Waals surface area contributed by atoms with Gasteiger partial charge in [0.1, 0.15) is 0 Å². The van der Waals surface area contributed by atoms with Crippen LogP contribution in [0.25, 0.3) is 0 Å². The molecule has 0 aromatic heterocycles. The van der Waals surface area contributed by atoms with E-state index in [0.29, 0.717) is 0 Å². The first-order chi connectivity index (χ1) is 6.22. The summed E-state index contributed by atoms with van der Waals surface area (Å²) in [5.41, 5.74) is 0. The van der Waals surface area contributed by atoms with Gasteiger partial charge in [0.15, 0.2) is 11.5 Å². The van der Waals surface area contributed by atoms with E-state index in [9.17, 15) is 0 Å². The Morgan fingerprint density at radius 2 is 1.92 bits per heavy atom. The molecule has 13 heavy (non-hydrogen) atoms. The van der Waals surface area contributed by atoms with Gasteiger partial charge in [0.05, 0.1) is 19.1 Å². The monoisotopic (exact) mass is 262 g/mol. The molecule has 0 aliphatic carbocycles. The van der Waals surface area contributed by atoms with E-state index in [0.717, 1.165) is 20.9 Å². The molecule has 0 amide bonds. The smallest absolute Gasteiger partial charge is 0.174 e. The molecule has 1 aromatic rings. The van der Waals surface area contributed by atoms with E-state index in [1.54, 1.807) is 26.0 Å². The first kappa shape index (κ1) is 10.7. The predicted molar refractivity (Wildman–Crippen MR) is 59.0 cm³/mol. The quantitative estimate of drug-likeness (QED) is 0.780. The summed E-state index contributed by atoms with van der Waals surface area (Å²) in [5, 5.41) is 0. The number of thioether (sulfide) groups is 1. The maximum absolute atomic E-state index is 5.25. The Morgan fingerprint density at radius 3 is 2.38 bits per heavy atom. The normalized spacial score (nSPS) is 9.85.